The molecule has 1 N–H and O–H groups in total. The van der Waals surface area contributed by atoms with E-state index in [2.05, 4.69) is 6.92 Å². The molecular formula is C14H14F2OS. The lowest BCUT2D eigenvalue weighted by Crippen LogP contribution is -2.00. The molecular weight excluding hydrogens is 254 g/mol. The number of rotatable bonds is 4. The van der Waals surface area contributed by atoms with Gasteiger partial charge in [0.1, 0.15) is 0 Å². The molecule has 4 heteroatoms. The molecule has 0 saturated carbocycles. The summed E-state index contributed by atoms with van der Waals surface area (Å²) < 4.78 is 25.8. The van der Waals surface area contributed by atoms with E-state index in [4.69, 9.17) is 0 Å². The Kier molecular flexibility index (Phi) is 4.09. The van der Waals surface area contributed by atoms with Crippen LogP contribution in [0.4, 0.5) is 8.78 Å². The summed E-state index contributed by atoms with van der Waals surface area (Å²) in [7, 11) is 0. The second-order valence-corrected chi connectivity index (χ2v) is 5.33. The number of aryl methyl sites for hydroxylation is 1. The lowest BCUT2D eigenvalue weighted by atomic mass is 10.1. The molecule has 1 nitrogen and oxygen atoms in total. The molecule has 0 aliphatic heterocycles. The normalized spacial score (nSPS) is 12.7. The van der Waals surface area contributed by atoms with Gasteiger partial charge in [-0.15, -0.1) is 11.3 Å². The molecule has 2 rings (SSSR count). The molecule has 0 saturated heterocycles. The highest BCUT2D eigenvalue weighted by Crippen LogP contribution is 2.26. The summed E-state index contributed by atoms with van der Waals surface area (Å²) in [6, 6.07) is 7.58. The minimum absolute atomic E-state index is 0.293. The van der Waals surface area contributed by atoms with Crippen LogP contribution in [-0.4, -0.2) is 5.11 Å². The largest absolute Gasteiger partial charge is 0.387 e. The van der Waals surface area contributed by atoms with Crippen molar-refractivity contribution in [2.75, 3.05) is 0 Å². The Bertz CT molecular complexity index is 536. The Balaban J connectivity index is 2.10. The van der Waals surface area contributed by atoms with E-state index in [1.165, 1.54) is 10.9 Å². The van der Waals surface area contributed by atoms with Crippen molar-refractivity contribution in [1.29, 1.82) is 0 Å². The van der Waals surface area contributed by atoms with Crippen LogP contribution in [0.1, 0.15) is 28.3 Å². The van der Waals surface area contributed by atoms with Gasteiger partial charge in [-0.3, -0.25) is 0 Å². The smallest absolute Gasteiger partial charge is 0.159 e. The average Bonchev–Trinajstić information content (AvgIpc) is 2.82. The SMILES string of the molecule is CCc1ccc(C(O)Cc2ccc(F)c(F)c2)s1. The molecule has 1 heterocycles. The fourth-order valence-electron chi connectivity index (χ4n) is 1.75. The Morgan fingerprint density at radius 3 is 2.56 bits per heavy atom. The Labute approximate surface area is 109 Å². The van der Waals surface area contributed by atoms with E-state index in [1.54, 1.807) is 11.3 Å². The van der Waals surface area contributed by atoms with Crippen molar-refractivity contribution in [1.82, 2.24) is 0 Å². The van der Waals surface area contributed by atoms with E-state index in [-0.39, 0.29) is 0 Å². The summed E-state index contributed by atoms with van der Waals surface area (Å²) >= 11 is 1.55. The Hall–Kier alpha value is -1.26. The summed E-state index contributed by atoms with van der Waals surface area (Å²) in [6.45, 7) is 2.05. The standard InChI is InChI=1S/C14H14F2OS/c1-2-10-4-6-14(18-10)13(17)8-9-3-5-11(15)12(16)7-9/h3-7,13,17H,2,8H2,1H3. The van der Waals surface area contributed by atoms with Crippen molar-refractivity contribution in [3.05, 3.63) is 57.3 Å². The van der Waals surface area contributed by atoms with Crippen LogP contribution in [0, 0.1) is 11.6 Å². The first-order valence-corrected chi connectivity index (χ1v) is 6.62. The van der Waals surface area contributed by atoms with Crippen molar-refractivity contribution in [2.24, 2.45) is 0 Å². The van der Waals surface area contributed by atoms with Gasteiger partial charge in [0.25, 0.3) is 0 Å². The summed E-state index contributed by atoms with van der Waals surface area (Å²) in [5.74, 6) is -1.74. The third-order valence-electron chi connectivity index (χ3n) is 2.77. The van der Waals surface area contributed by atoms with E-state index in [0.29, 0.717) is 12.0 Å². The van der Waals surface area contributed by atoms with Crippen LogP contribution < -0.4 is 0 Å². The highest BCUT2D eigenvalue weighted by Gasteiger charge is 2.12. The Morgan fingerprint density at radius 1 is 1.17 bits per heavy atom. The molecule has 0 amide bonds. The van der Waals surface area contributed by atoms with E-state index < -0.39 is 17.7 Å². The average molecular weight is 268 g/mol. The van der Waals surface area contributed by atoms with Crippen molar-refractivity contribution in [2.45, 2.75) is 25.9 Å². The highest BCUT2D eigenvalue weighted by molar-refractivity contribution is 7.12. The maximum Gasteiger partial charge on any atom is 0.159 e. The molecule has 0 fully saturated rings. The molecule has 0 aliphatic rings. The molecule has 1 atom stereocenters. The summed E-state index contributed by atoms with van der Waals surface area (Å²) in [6.07, 6.45) is 0.559. The fraction of sp³-hybridized carbons (Fsp3) is 0.286. The van der Waals surface area contributed by atoms with Gasteiger partial charge in [0.05, 0.1) is 6.10 Å². The fourth-order valence-corrected chi connectivity index (χ4v) is 2.69. The van der Waals surface area contributed by atoms with Crippen LogP contribution in [0.5, 0.6) is 0 Å². The maximum absolute atomic E-state index is 13.0. The predicted octanol–water partition coefficient (Wildman–Crippen LogP) is 3.86. The van der Waals surface area contributed by atoms with Gasteiger partial charge < -0.3 is 5.11 Å². The minimum Gasteiger partial charge on any atom is -0.387 e. The monoisotopic (exact) mass is 268 g/mol. The van der Waals surface area contributed by atoms with Crippen LogP contribution in [0.3, 0.4) is 0 Å². The van der Waals surface area contributed by atoms with Crippen molar-refractivity contribution >= 4 is 11.3 Å². The van der Waals surface area contributed by atoms with Crippen LogP contribution in [-0.2, 0) is 12.8 Å². The number of aliphatic hydroxyl groups is 1. The van der Waals surface area contributed by atoms with Crippen molar-refractivity contribution in [3.8, 4) is 0 Å². The predicted molar refractivity (Wildman–Crippen MR) is 68.7 cm³/mol. The minimum atomic E-state index is -0.875. The summed E-state index contributed by atoms with van der Waals surface area (Å²) in [4.78, 5) is 2.06. The zero-order valence-electron chi connectivity index (χ0n) is 9.99. The van der Waals surface area contributed by atoms with Gasteiger partial charge in [-0.2, -0.15) is 0 Å². The first-order chi connectivity index (χ1) is 8.60. The van der Waals surface area contributed by atoms with Crippen LogP contribution in [0.25, 0.3) is 0 Å². The van der Waals surface area contributed by atoms with E-state index >= 15 is 0 Å². The summed E-state index contributed by atoms with van der Waals surface area (Å²) in [5.41, 5.74) is 0.591. The number of hydrogen-bond acceptors (Lipinski definition) is 2. The van der Waals surface area contributed by atoms with Gasteiger partial charge in [-0.25, -0.2) is 8.78 Å². The zero-order chi connectivity index (χ0) is 13.1. The number of halogens is 2. The number of benzene rings is 1. The molecule has 96 valence electrons. The number of thiophene rings is 1. The first kappa shape index (κ1) is 13.2. The molecule has 0 spiro atoms. The van der Waals surface area contributed by atoms with Crippen LogP contribution >= 0.6 is 11.3 Å². The third kappa shape index (κ3) is 2.94. The molecule has 18 heavy (non-hydrogen) atoms. The van der Waals surface area contributed by atoms with E-state index in [9.17, 15) is 13.9 Å². The van der Waals surface area contributed by atoms with Gasteiger partial charge in [-0.1, -0.05) is 13.0 Å². The molecule has 1 aromatic carbocycles. The van der Waals surface area contributed by atoms with Gasteiger partial charge in [0.2, 0.25) is 0 Å². The first-order valence-electron chi connectivity index (χ1n) is 5.80. The van der Waals surface area contributed by atoms with Gasteiger partial charge >= 0.3 is 0 Å². The lowest BCUT2D eigenvalue weighted by molar-refractivity contribution is 0.182. The summed E-state index contributed by atoms with van der Waals surface area (Å²) in [5, 5.41) is 10.0. The molecule has 1 aromatic heterocycles. The third-order valence-corrected chi connectivity index (χ3v) is 4.10. The van der Waals surface area contributed by atoms with Crippen LogP contribution in [0.15, 0.2) is 30.3 Å². The van der Waals surface area contributed by atoms with Gasteiger partial charge in [-0.05, 0) is 36.2 Å². The highest BCUT2D eigenvalue weighted by atomic mass is 32.1. The lowest BCUT2D eigenvalue weighted by Gasteiger charge is -2.08. The van der Waals surface area contributed by atoms with Crippen molar-refractivity contribution in [3.63, 3.8) is 0 Å². The Morgan fingerprint density at radius 2 is 1.94 bits per heavy atom. The second-order valence-electron chi connectivity index (χ2n) is 4.13. The molecule has 0 radical (unpaired) electrons. The van der Waals surface area contributed by atoms with E-state index in [1.807, 2.05) is 12.1 Å². The number of hydrogen-bond donors (Lipinski definition) is 1. The van der Waals surface area contributed by atoms with Gasteiger partial charge in [0.15, 0.2) is 11.6 Å². The molecule has 0 aliphatic carbocycles. The molecule has 1 unspecified atom stereocenters. The van der Waals surface area contributed by atoms with Gasteiger partial charge in [0, 0.05) is 16.2 Å². The molecule has 2 aromatic rings. The maximum atomic E-state index is 13.0. The number of aliphatic hydroxyl groups excluding tert-OH is 1. The topological polar surface area (TPSA) is 20.2 Å². The van der Waals surface area contributed by atoms with Crippen molar-refractivity contribution < 1.29 is 13.9 Å². The van der Waals surface area contributed by atoms with E-state index in [0.717, 1.165) is 23.4 Å². The molecule has 0 bridgehead atoms. The second kappa shape index (κ2) is 5.59. The zero-order valence-corrected chi connectivity index (χ0v) is 10.8. The van der Waals surface area contributed by atoms with Crippen LogP contribution in [0.2, 0.25) is 0 Å². The quantitative estimate of drug-likeness (QED) is 0.892.